The lowest BCUT2D eigenvalue weighted by molar-refractivity contribution is -0.139. The first kappa shape index (κ1) is 13.6. The summed E-state index contributed by atoms with van der Waals surface area (Å²) in [5, 5.41) is 16.2. The predicted octanol–water partition coefficient (Wildman–Crippen LogP) is 0.331. The first-order chi connectivity index (χ1) is 7.43. The van der Waals surface area contributed by atoms with Gasteiger partial charge in [0, 0.05) is 0 Å². The van der Waals surface area contributed by atoms with Gasteiger partial charge >= 0.3 is 11.9 Å². The van der Waals surface area contributed by atoms with Gasteiger partial charge in [0.2, 0.25) is 5.91 Å². The number of carbonyl (C=O) groups excluding carboxylic acids is 1. The molecule has 0 saturated heterocycles. The van der Waals surface area contributed by atoms with Crippen LogP contribution in [0.25, 0.3) is 0 Å². The highest BCUT2D eigenvalue weighted by Crippen LogP contribution is 1.96. The third kappa shape index (κ3) is 7.07. The zero-order valence-corrected chi connectivity index (χ0v) is 8.29. The molecule has 0 fully saturated rings. The molecule has 0 radical (unpaired) electrons. The van der Waals surface area contributed by atoms with Gasteiger partial charge in [-0.25, -0.2) is 4.79 Å². The fourth-order valence-corrected chi connectivity index (χ4v) is 0.730. The minimum Gasteiger partial charge on any atom is -0.481 e. The molecule has 0 aliphatic heterocycles. The Morgan fingerprint density at radius 2 is 1.56 bits per heavy atom. The highest BCUT2D eigenvalue weighted by Gasteiger charge is 1.99. The largest absolute Gasteiger partial charge is 0.481 e. The van der Waals surface area contributed by atoms with Crippen LogP contribution in [-0.4, -0.2) is 28.1 Å². The van der Waals surface area contributed by atoms with E-state index in [0.717, 1.165) is 0 Å². The van der Waals surface area contributed by atoms with Crippen LogP contribution in [0, 0.1) is 0 Å². The second kappa shape index (κ2) is 6.99. The quantitative estimate of drug-likeness (QED) is 0.640. The lowest BCUT2D eigenvalue weighted by Crippen LogP contribution is -2.15. The molecule has 0 aromatic heterocycles. The third-order valence-corrected chi connectivity index (χ3v) is 1.35. The van der Waals surface area contributed by atoms with Gasteiger partial charge in [-0.1, -0.05) is 18.2 Å². The summed E-state index contributed by atoms with van der Waals surface area (Å²) in [7, 11) is 0. The summed E-state index contributed by atoms with van der Waals surface area (Å²) in [5.41, 5.74) is 4.80. The maximum atomic E-state index is 10.2. The Labute approximate surface area is 91.3 Å². The molecule has 0 atom stereocenters. The zero-order valence-electron chi connectivity index (χ0n) is 8.29. The summed E-state index contributed by atoms with van der Waals surface area (Å²) in [6.07, 6.45) is -0.583. The van der Waals surface area contributed by atoms with Gasteiger partial charge in [-0.05, 0) is 12.1 Å². The summed E-state index contributed by atoms with van der Waals surface area (Å²) in [6.45, 7) is 0. The van der Waals surface area contributed by atoms with E-state index in [-0.39, 0.29) is 0 Å². The second-order valence-electron chi connectivity index (χ2n) is 2.71. The van der Waals surface area contributed by atoms with E-state index in [4.69, 9.17) is 10.2 Å². The van der Waals surface area contributed by atoms with Crippen LogP contribution in [0.3, 0.4) is 0 Å². The van der Waals surface area contributed by atoms with E-state index in [2.05, 4.69) is 5.73 Å². The molecule has 1 rings (SSSR count). The van der Waals surface area contributed by atoms with Crippen molar-refractivity contribution in [2.75, 3.05) is 0 Å². The average Bonchev–Trinajstić information content (AvgIpc) is 2.17. The van der Waals surface area contributed by atoms with Gasteiger partial charge in [0.05, 0.1) is 5.56 Å². The Kier molecular flexibility index (Phi) is 5.96. The van der Waals surface area contributed by atoms with Crippen LogP contribution in [0.4, 0.5) is 0 Å². The van der Waals surface area contributed by atoms with Gasteiger partial charge < -0.3 is 15.9 Å². The maximum absolute atomic E-state index is 10.2. The molecule has 0 heterocycles. The van der Waals surface area contributed by atoms with Crippen molar-refractivity contribution in [1.82, 2.24) is 0 Å². The van der Waals surface area contributed by atoms with Crippen LogP contribution in [-0.2, 0) is 9.59 Å². The number of hydrogen-bond acceptors (Lipinski definition) is 3. The minimum absolute atomic E-state index is 0.331. The number of carboxylic acids is 2. The Morgan fingerprint density at radius 1 is 1.06 bits per heavy atom. The zero-order chi connectivity index (χ0) is 12.6. The maximum Gasteiger partial charge on any atom is 0.335 e. The van der Waals surface area contributed by atoms with E-state index in [1.54, 1.807) is 30.3 Å². The molecule has 0 aliphatic carbocycles. The van der Waals surface area contributed by atoms with Gasteiger partial charge in [0.1, 0.15) is 6.42 Å². The number of carbonyl (C=O) groups is 3. The van der Waals surface area contributed by atoms with Crippen LogP contribution in [0.1, 0.15) is 16.8 Å². The average molecular weight is 225 g/mol. The molecule has 0 saturated carbocycles. The SMILES string of the molecule is NC(=O)CC(=O)O.O=C(O)c1ccccc1. The molecule has 1 amide bonds. The van der Waals surface area contributed by atoms with Gasteiger partial charge in [0.25, 0.3) is 0 Å². The highest BCUT2D eigenvalue weighted by atomic mass is 16.4. The first-order valence-corrected chi connectivity index (χ1v) is 4.22. The molecule has 6 heteroatoms. The summed E-state index contributed by atoms with van der Waals surface area (Å²) in [6, 6.07) is 8.30. The lowest BCUT2D eigenvalue weighted by atomic mass is 10.2. The van der Waals surface area contributed by atoms with Crippen molar-refractivity contribution in [1.29, 1.82) is 0 Å². The van der Waals surface area contributed by atoms with Crippen LogP contribution in [0.15, 0.2) is 30.3 Å². The molecular weight excluding hydrogens is 214 g/mol. The monoisotopic (exact) mass is 225 g/mol. The minimum atomic E-state index is -1.19. The first-order valence-electron chi connectivity index (χ1n) is 4.22. The van der Waals surface area contributed by atoms with E-state index in [1.807, 2.05) is 0 Å². The van der Waals surface area contributed by atoms with Crippen molar-refractivity contribution in [2.24, 2.45) is 5.73 Å². The Bertz CT molecular complexity index is 362. The summed E-state index contributed by atoms with van der Waals surface area (Å²) >= 11 is 0. The number of primary amides is 1. The Balaban J connectivity index is 0.000000293. The normalized spacial score (nSPS) is 8.50. The van der Waals surface area contributed by atoms with Crippen molar-refractivity contribution in [2.45, 2.75) is 6.42 Å². The third-order valence-electron chi connectivity index (χ3n) is 1.35. The predicted molar refractivity (Wildman–Crippen MR) is 54.8 cm³/mol. The Hall–Kier alpha value is -2.37. The van der Waals surface area contributed by atoms with Crippen molar-refractivity contribution in [3.63, 3.8) is 0 Å². The molecule has 0 bridgehead atoms. The number of aromatic carboxylic acids is 1. The number of benzene rings is 1. The van der Waals surface area contributed by atoms with Crippen molar-refractivity contribution < 1.29 is 24.6 Å². The molecule has 4 N–H and O–H groups in total. The van der Waals surface area contributed by atoms with Crippen molar-refractivity contribution >= 4 is 17.8 Å². The van der Waals surface area contributed by atoms with Crippen LogP contribution in [0.5, 0.6) is 0 Å². The summed E-state index contributed by atoms with van der Waals surface area (Å²) < 4.78 is 0. The van der Waals surface area contributed by atoms with Gasteiger partial charge in [-0.3, -0.25) is 9.59 Å². The van der Waals surface area contributed by atoms with E-state index < -0.39 is 24.3 Å². The summed E-state index contributed by atoms with van der Waals surface area (Å²) in [4.78, 5) is 29.4. The number of carboxylic acid groups (broad SMARTS) is 2. The van der Waals surface area contributed by atoms with Crippen molar-refractivity contribution in [3.8, 4) is 0 Å². The molecule has 16 heavy (non-hydrogen) atoms. The molecular formula is C10H11NO5. The van der Waals surface area contributed by atoms with Crippen molar-refractivity contribution in [3.05, 3.63) is 35.9 Å². The highest BCUT2D eigenvalue weighted by molar-refractivity contribution is 5.92. The standard InChI is InChI=1S/C7H6O2.C3H5NO3/c8-7(9)6-4-2-1-3-5-6;4-2(5)1-3(6)7/h1-5H,(H,8,9);1H2,(H2,4,5)(H,6,7). The smallest absolute Gasteiger partial charge is 0.335 e. The van der Waals surface area contributed by atoms with Gasteiger partial charge in [-0.15, -0.1) is 0 Å². The molecule has 0 unspecified atom stereocenters. The van der Waals surface area contributed by atoms with E-state index in [0.29, 0.717) is 5.56 Å². The number of amides is 1. The molecule has 6 nitrogen and oxygen atoms in total. The van der Waals surface area contributed by atoms with Gasteiger partial charge in [0.15, 0.2) is 0 Å². The van der Waals surface area contributed by atoms with Crippen LogP contribution >= 0.6 is 0 Å². The molecule has 1 aromatic rings. The number of hydrogen-bond donors (Lipinski definition) is 3. The number of nitrogens with two attached hydrogens (primary N) is 1. The topological polar surface area (TPSA) is 118 Å². The second-order valence-corrected chi connectivity index (χ2v) is 2.71. The van der Waals surface area contributed by atoms with Crippen LogP contribution < -0.4 is 5.73 Å². The molecule has 1 aromatic carbocycles. The van der Waals surface area contributed by atoms with E-state index in [9.17, 15) is 14.4 Å². The number of aliphatic carboxylic acids is 1. The van der Waals surface area contributed by atoms with Crippen LogP contribution in [0.2, 0.25) is 0 Å². The Morgan fingerprint density at radius 3 is 1.75 bits per heavy atom. The van der Waals surface area contributed by atoms with E-state index in [1.165, 1.54) is 0 Å². The summed E-state index contributed by atoms with van der Waals surface area (Å²) in [5.74, 6) is -2.88. The fourth-order valence-electron chi connectivity index (χ4n) is 0.730. The molecule has 0 spiro atoms. The molecule has 86 valence electrons. The fraction of sp³-hybridized carbons (Fsp3) is 0.100. The van der Waals surface area contributed by atoms with E-state index >= 15 is 0 Å². The number of rotatable bonds is 3. The molecule has 0 aliphatic rings. The van der Waals surface area contributed by atoms with Gasteiger partial charge in [-0.2, -0.15) is 0 Å². The lowest BCUT2D eigenvalue weighted by Gasteiger charge is -1.88.